The highest BCUT2D eigenvalue weighted by molar-refractivity contribution is 6.02. The van der Waals surface area contributed by atoms with Crippen LogP contribution in [0.2, 0.25) is 0 Å². The van der Waals surface area contributed by atoms with Crippen molar-refractivity contribution in [3.8, 4) is 79.0 Å². The van der Waals surface area contributed by atoms with Crippen molar-refractivity contribution in [1.82, 2.24) is 19.9 Å². The van der Waals surface area contributed by atoms with Crippen LogP contribution < -0.4 is 0 Å². The number of H-pyrrole nitrogens is 2. The fourth-order valence-electron chi connectivity index (χ4n) is 7.26. The first-order valence-corrected chi connectivity index (χ1v) is 17.0. The van der Waals surface area contributed by atoms with E-state index in [9.17, 15) is 30.6 Å². The Morgan fingerprint density at radius 1 is 0.296 bits per heavy atom. The van der Waals surface area contributed by atoms with Crippen molar-refractivity contribution in [2.24, 2.45) is 0 Å². The normalized spacial score (nSPS) is 12.0. The van der Waals surface area contributed by atoms with Gasteiger partial charge in [-0.05, 0) is 90.5 Å². The van der Waals surface area contributed by atoms with Gasteiger partial charge < -0.3 is 40.6 Å². The minimum Gasteiger partial charge on any atom is -0.507 e. The number of aromatic amines is 2. The van der Waals surface area contributed by atoms with E-state index in [-0.39, 0.29) is 51.2 Å². The van der Waals surface area contributed by atoms with Crippen molar-refractivity contribution in [2.45, 2.75) is 0 Å². The average molecular weight is 711 g/mol. The number of hydrogen-bond acceptors (Lipinski definition) is 8. The summed E-state index contributed by atoms with van der Waals surface area (Å²) in [7, 11) is 0. The minimum absolute atomic E-state index is 0.105. The molecule has 8 N–H and O–H groups in total. The van der Waals surface area contributed by atoms with E-state index in [1.807, 2.05) is 54.6 Å². The first-order chi connectivity index (χ1) is 26.3. The second kappa shape index (κ2) is 12.5. The van der Waals surface area contributed by atoms with Crippen LogP contribution in [0.1, 0.15) is 22.8 Å². The Labute approximate surface area is 307 Å². The lowest BCUT2D eigenvalue weighted by Gasteiger charge is -2.10. The molecule has 0 radical (unpaired) electrons. The molecular formula is C44H30N4O6. The van der Waals surface area contributed by atoms with Crippen LogP contribution in [-0.2, 0) is 0 Å². The molecule has 0 aliphatic carbocycles. The quantitative estimate of drug-likeness (QED) is 0.0889. The standard InChI is InChI=1S/C44H30N4O6/c49-32-9-4-10-33(50)42(32)39-26-17-15-24(45-26)38(23-7-2-1-3-8-23)25-16-18-27(46-25)40(43-34(51)11-5-12-35(43)52)29-20-22-31(48-29)41(30-21-19-28(39)47-30)44-36(53)13-6-14-37(44)54/h1-22,45,48-54H. The molecule has 0 saturated carbocycles. The van der Waals surface area contributed by atoms with Crippen molar-refractivity contribution >= 4 is 46.4 Å². The van der Waals surface area contributed by atoms with E-state index in [4.69, 9.17) is 9.97 Å². The van der Waals surface area contributed by atoms with Gasteiger partial charge in [-0.2, -0.15) is 0 Å². The zero-order valence-corrected chi connectivity index (χ0v) is 28.3. The van der Waals surface area contributed by atoms with Gasteiger partial charge in [0, 0.05) is 44.3 Å². The van der Waals surface area contributed by atoms with E-state index in [2.05, 4.69) is 9.97 Å². The number of phenols is 6. The molecule has 2 aliphatic heterocycles. The molecule has 3 aromatic heterocycles. The van der Waals surface area contributed by atoms with Gasteiger partial charge >= 0.3 is 0 Å². The molecule has 0 saturated heterocycles. The summed E-state index contributed by atoms with van der Waals surface area (Å²) in [4.78, 5) is 17.0. The summed E-state index contributed by atoms with van der Waals surface area (Å²) in [6.45, 7) is 0. The Morgan fingerprint density at radius 3 is 0.926 bits per heavy atom. The summed E-state index contributed by atoms with van der Waals surface area (Å²) in [6, 6.07) is 30.4. The second-order valence-corrected chi connectivity index (χ2v) is 12.9. The Morgan fingerprint density at radius 2 is 0.593 bits per heavy atom. The summed E-state index contributed by atoms with van der Waals surface area (Å²) in [6.07, 6.45) is 7.13. The third-order valence-electron chi connectivity index (χ3n) is 9.63. The molecule has 0 unspecified atom stereocenters. The molecule has 0 spiro atoms. The van der Waals surface area contributed by atoms with Gasteiger partial charge in [-0.3, -0.25) is 0 Å². The van der Waals surface area contributed by atoms with Crippen LogP contribution in [0, 0.1) is 0 Å². The molecular weight excluding hydrogens is 681 g/mol. The average Bonchev–Trinajstić information content (AvgIpc) is 3.99. The van der Waals surface area contributed by atoms with E-state index in [0.717, 1.165) is 11.1 Å². The van der Waals surface area contributed by atoms with Gasteiger partial charge in [-0.25, -0.2) is 9.97 Å². The first-order valence-electron chi connectivity index (χ1n) is 17.0. The van der Waals surface area contributed by atoms with Crippen molar-refractivity contribution in [2.75, 3.05) is 0 Å². The van der Waals surface area contributed by atoms with Crippen LogP contribution in [0.15, 0.2) is 109 Å². The molecule has 2 aliphatic rings. The Hall–Kier alpha value is -7.72. The third-order valence-corrected chi connectivity index (χ3v) is 9.63. The van der Waals surface area contributed by atoms with Crippen LogP contribution in [0.25, 0.3) is 90.9 Å². The van der Waals surface area contributed by atoms with Gasteiger partial charge in [0.2, 0.25) is 0 Å². The molecule has 7 aromatic rings. The number of aromatic hydroxyl groups is 6. The van der Waals surface area contributed by atoms with Gasteiger partial charge in [0.1, 0.15) is 34.5 Å². The molecule has 10 heteroatoms. The summed E-state index contributed by atoms with van der Waals surface area (Å²) in [5, 5.41) is 67.1. The van der Waals surface area contributed by atoms with Crippen LogP contribution >= 0.6 is 0 Å². The number of nitrogens with one attached hydrogen (secondary N) is 2. The lowest BCUT2D eigenvalue weighted by atomic mass is 10.0. The van der Waals surface area contributed by atoms with Crippen LogP contribution in [0.4, 0.5) is 0 Å². The van der Waals surface area contributed by atoms with Crippen molar-refractivity contribution in [1.29, 1.82) is 0 Å². The second-order valence-electron chi connectivity index (χ2n) is 12.9. The van der Waals surface area contributed by atoms with Gasteiger partial charge in [0.15, 0.2) is 0 Å². The maximum atomic E-state index is 11.2. The smallest absolute Gasteiger partial charge is 0.127 e. The van der Waals surface area contributed by atoms with E-state index in [1.165, 1.54) is 42.5 Å². The summed E-state index contributed by atoms with van der Waals surface area (Å²) >= 11 is 0. The zero-order chi connectivity index (χ0) is 37.1. The number of phenolic OH excluding ortho intramolecular Hbond substituents is 6. The summed E-state index contributed by atoms with van der Waals surface area (Å²) < 4.78 is 0. The summed E-state index contributed by atoms with van der Waals surface area (Å²) in [5.41, 5.74) is 7.00. The molecule has 0 atom stereocenters. The summed E-state index contributed by atoms with van der Waals surface area (Å²) in [5.74, 6) is -1.07. The first kappa shape index (κ1) is 32.2. The molecule has 9 rings (SSSR count). The van der Waals surface area contributed by atoms with Crippen molar-refractivity contribution in [3.05, 3.63) is 132 Å². The lowest BCUT2D eigenvalue weighted by molar-refractivity contribution is 0.453. The van der Waals surface area contributed by atoms with Crippen LogP contribution in [0.3, 0.4) is 0 Å². The maximum absolute atomic E-state index is 11.2. The van der Waals surface area contributed by atoms with Crippen LogP contribution in [0.5, 0.6) is 34.5 Å². The molecule has 8 bridgehead atoms. The number of aromatic nitrogens is 4. The predicted molar refractivity (Wildman–Crippen MR) is 211 cm³/mol. The minimum atomic E-state index is -0.203. The largest absolute Gasteiger partial charge is 0.507 e. The fraction of sp³-hybridized carbons (Fsp3) is 0. The SMILES string of the molecule is Oc1cccc(O)c1-c1c2nc(c(-c3c(O)cccc3O)c3ccc([nH]3)c(-c3c(O)cccc3O)c3nc(c(-c4ccccc4)c4ccc1[nH]4)C=C3)C=C2. The highest BCUT2D eigenvalue weighted by Crippen LogP contribution is 2.46. The number of benzene rings is 4. The number of hydrogen-bond donors (Lipinski definition) is 8. The molecule has 0 amide bonds. The number of rotatable bonds is 4. The van der Waals surface area contributed by atoms with Crippen molar-refractivity contribution in [3.63, 3.8) is 0 Å². The predicted octanol–water partition coefficient (Wildman–Crippen LogP) is 9.56. The highest BCUT2D eigenvalue weighted by Gasteiger charge is 2.24. The topological polar surface area (TPSA) is 179 Å². The Kier molecular flexibility index (Phi) is 7.45. The molecule has 4 aromatic carbocycles. The van der Waals surface area contributed by atoms with Gasteiger partial charge in [0.05, 0.1) is 39.5 Å². The van der Waals surface area contributed by atoms with E-state index in [0.29, 0.717) is 61.5 Å². The monoisotopic (exact) mass is 710 g/mol. The maximum Gasteiger partial charge on any atom is 0.127 e. The highest BCUT2D eigenvalue weighted by atomic mass is 16.3. The van der Waals surface area contributed by atoms with E-state index >= 15 is 0 Å². The van der Waals surface area contributed by atoms with Gasteiger partial charge in [-0.15, -0.1) is 0 Å². The third kappa shape index (κ3) is 5.20. The lowest BCUT2D eigenvalue weighted by Crippen LogP contribution is -1.91. The molecule has 10 nitrogen and oxygen atoms in total. The van der Waals surface area contributed by atoms with Crippen LogP contribution in [-0.4, -0.2) is 50.6 Å². The molecule has 5 heterocycles. The zero-order valence-electron chi connectivity index (χ0n) is 28.3. The van der Waals surface area contributed by atoms with Gasteiger partial charge in [0.25, 0.3) is 0 Å². The van der Waals surface area contributed by atoms with E-state index < -0.39 is 0 Å². The number of nitrogens with zero attached hydrogens (tertiary/aromatic N) is 2. The van der Waals surface area contributed by atoms with Gasteiger partial charge in [-0.1, -0.05) is 48.5 Å². The number of fused-ring (bicyclic) bond motifs is 8. The fourth-order valence-corrected chi connectivity index (χ4v) is 7.26. The Bertz CT molecular complexity index is 2800. The van der Waals surface area contributed by atoms with E-state index in [1.54, 1.807) is 36.4 Å². The molecule has 0 fully saturated rings. The molecule has 54 heavy (non-hydrogen) atoms. The van der Waals surface area contributed by atoms with Crippen molar-refractivity contribution < 1.29 is 30.6 Å². The Balaban J connectivity index is 1.53. The molecule has 262 valence electrons.